The zero-order chi connectivity index (χ0) is 26.9. The first-order chi connectivity index (χ1) is 16.8. The van der Waals surface area contributed by atoms with Gasteiger partial charge in [-0.15, -0.1) is 11.3 Å². The molecule has 0 aliphatic heterocycles. The molecule has 194 valence electrons. The predicted octanol–water partition coefficient (Wildman–Crippen LogP) is 4.30. The molecule has 1 unspecified atom stereocenters. The molecule has 36 heavy (non-hydrogen) atoms. The average Bonchev–Trinajstić information content (AvgIpc) is 3.13. The highest BCUT2D eigenvalue weighted by molar-refractivity contribution is 14.1. The Morgan fingerprint density at radius 1 is 1.17 bits per heavy atom. The fourth-order valence-electron chi connectivity index (χ4n) is 3.89. The van der Waals surface area contributed by atoms with Crippen molar-refractivity contribution in [3.8, 4) is 0 Å². The van der Waals surface area contributed by atoms with Crippen LogP contribution in [-0.2, 0) is 26.4 Å². The van der Waals surface area contributed by atoms with Crippen molar-refractivity contribution in [2.75, 3.05) is 6.61 Å². The maximum atomic E-state index is 13.8. The number of thiophene rings is 1. The van der Waals surface area contributed by atoms with Crippen molar-refractivity contribution in [3.63, 3.8) is 0 Å². The Bertz CT molecular complexity index is 1420. The van der Waals surface area contributed by atoms with E-state index in [4.69, 9.17) is 9.47 Å². The molecule has 0 aliphatic carbocycles. The lowest BCUT2D eigenvalue weighted by atomic mass is 10.1. The van der Waals surface area contributed by atoms with Gasteiger partial charge >= 0.3 is 17.6 Å². The van der Waals surface area contributed by atoms with Crippen LogP contribution in [-0.4, -0.2) is 38.9 Å². The van der Waals surface area contributed by atoms with Crippen LogP contribution in [0.5, 0.6) is 0 Å². The zero-order valence-electron chi connectivity index (χ0n) is 21.0. The summed E-state index contributed by atoms with van der Waals surface area (Å²) >= 11 is 3.18. The number of carboxylic acid groups (broad SMARTS) is 1. The molecule has 1 aromatic carbocycles. The number of rotatable bonds is 9. The lowest BCUT2D eigenvalue weighted by Gasteiger charge is -2.26. The van der Waals surface area contributed by atoms with E-state index in [1.807, 2.05) is 38.1 Å². The zero-order valence-corrected chi connectivity index (χ0v) is 23.9. The van der Waals surface area contributed by atoms with Crippen LogP contribution in [0.1, 0.15) is 61.5 Å². The van der Waals surface area contributed by atoms with Gasteiger partial charge in [0.15, 0.2) is 0 Å². The fraction of sp³-hybridized carbons (Fsp3) is 0.440. The van der Waals surface area contributed by atoms with Crippen LogP contribution in [0.3, 0.4) is 0 Å². The van der Waals surface area contributed by atoms with Gasteiger partial charge in [0.2, 0.25) is 0 Å². The molecule has 0 saturated carbocycles. The average molecular weight is 628 g/mol. The highest BCUT2D eigenvalue weighted by atomic mass is 127. The number of hydrogen-bond donors (Lipinski definition) is 1. The van der Waals surface area contributed by atoms with Crippen molar-refractivity contribution in [3.05, 3.63) is 64.7 Å². The molecule has 0 aliphatic rings. The summed E-state index contributed by atoms with van der Waals surface area (Å²) in [4.78, 5) is 52.5. The highest BCUT2D eigenvalue weighted by Gasteiger charge is 2.36. The number of fused-ring (bicyclic) bond motifs is 1. The third-order valence-corrected chi connectivity index (χ3v) is 7.80. The lowest BCUT2D eigenvalue weighted by molar-refractivity contribution is -0.146. The van der Waals surface area contributed by atoms with Crippen molar-refractivity contribution < 1.29 is 24.2 Å². The number of aryl methyl sites for hydroxylation is 1. The molecule has 9 nitrogen and oxygen atoms in total. The van der Waals surface area contributed by atoms with E-state index in [0.717, 1.165) is 25.0 Å². The summed E-state index contributed by atoms with van der Waals surface area (Å²) in [5, 5.41) is 9.95. The third kappa shape index (κ3) is 5.28. The third-order valence-electron chi connectivity index (χ3n) is 5.78. The van der Waals surface area contributed by atoms with E-state index in [2.05, 4.69) is 22.6 Å². The largest absolute Gasteiger partial charge is 0.480 e. The van der Waals surface area contributed by atoms with Gasteiger partial charge in [0.05, 0.1) is 24.6 Å². The van der Waals surface area contributed by atoms with E-state index in [0.29, 0.717) is 5.56 Å². The van der Waals surface area contributed by atoms with Gasteiger partial charge in [0.1, 0.15) is 21.4 Å². The predicted molar refractivity (Wildman–Crippen MR) is 146 cm³/mol. The standard InChI is InChI=1S/C25H29IN2O7S/c1-7-34-22(30)19-14(4)18-20(29)28(25(5,6)23(31)32)24(33)27(21(18)36-19)12-17(35-13(2)3)15-8-10-16(26)11-9-15/h8-11,13,17H,7,12H2,1-6H3,(H,31,32). The molecule has 3 aromatic rings. The van der Waals surface area contributed by atoms with E-state index in [1.165, 1.54) is 18.4 Å². The SMILES string of the molecule is CCOC(=O)c1sc2c(c1C)c(=O)n(C(C)(C)C(=O)O)c(=O)n2CC(OC(C)C)c1ccc(I)cc1. The molecular formula is C25H29IN2O7S. The second-order valence-electron chi connectivity index (χ2n) is 9.08. The number of aliphatic carboxylic acids is 1. The Morgan fingerprint density at radius 2 is 1.78 bits per heavy atom. The smallest absolute Gasteiger partial charge is 0.348 e. The number of benzene rings is 1. The minimum atomic E-state index is -1.83. The van der Waals surface area contributed by atoms with E-state index in [1.54, 1.807) is 13.8 Å². The summed E-state index contributed by atoms with van der Waals surface area (Å²) in [6.07, 6.45) is -0.753. The van der Waals surface area contributed by atoms with Crippen LogP contribution >= 0.6 is 33.9 Å². The number of esters is 1. The summed E-state index contributed by atoms with van der Waals surface area (Å²) in [5.41, 5.74) is -2.23. The number of hydrogen-bond acceptors (Lipinski definition) is 7. The summed E-state index contributed by atoms with van der Waals surface area (Å²) in [7, 11) is 0. The Hall–Kier alpha value is -2.51. The quantitative estimate of drug-likeness (QED) is 0.278. The molecule has 2 heterocycles. The number of halogens is 1. The van der Waals surface area contributed by atoms with Gasteiger partial charge in [0, 0.05) is 3.57 Å². The van der Waals surface area contributed by atoms with Crippen molar-refractivity contribution in [1.29, 1.82) is 0 Å². The van der Waals surface area contributed by atoms with Crippen molar-refractivity contribution in [2.24, 2.45) is 0 Å². The van der Waals surface area contributed by atoms with Gasteiger partial charge in [-0.25, -0.2) is 19.0 Å². The van der Waals surface area contributed by atoms with Gasteiger partial charge < -0.3 is 14.6 Å². The monoisotopic (exact) mass is 628 g/mol. The molecule has 0 saturated heterocycles. The summed E-state index contributed by atoms with van der Waals surface area (Å²) < 4.78 is 14.4. The molecule has 3 rings (SSSR count). The highest BCUT2D eigenvalue weighted by Crippen LogP contribution is 2.31. The van der Waals surface area contributed by atoms with Gasteiger partial charge in [-0.3, -0.25) is 9.36 Å². The Morgan fingerprint density at radius 3 is 2.31 bits per heavy atom. The first-order valence-corrected chi connectivity index (χ1v) is 13.3. The van der Waals surface area contributed by atoms with Gasteiger partial charge in [-0.05, 0) is 87.4 Å². The molecular weight excluding hydrogens is 599 g/mol. The number of carbonyl (C=O) groups excluding carboxylic acids is 1. The molecule has 1 atom stereocenters. The minimum Gasteiger partial charge on any atom is -0.480 e. The van der Waals surface area contributed by atoms with Crippen LogP contribution in [0.2, 0.25) is 0 Å². The lowest BCUT2D eigenvalue weighted by Crippen LogP contribution is -2.52. The number of ether oxygens (including phenoxy) is 2. The summed E-state index contributed by atoms with van der Waals surface area (Å²) in [6.45, 7) is 9.77. The van der Waals surface area contributed by atoms with Crippen LogP contribution < -0.4 is 11.2 Å². The fourth-order valence-corrected chi connectivity index (χ4v) is 5.44. The van der Waals surface area contributed by atoms with Crippen molar-refractivity contribution >= 4 is 56.1 Å². The Kier molecular flexibility index (Phi) is 8.46. The van der Waals surface area contributed by atoms with E-state index < -0.39 is 34.8 Å². The number of nitrogens with zero attached hydrogens (tertiary/aromatic N) is 2. The second-order valence-corrected chi connectivity index (χ2v) is 11.3. The van der Waals surface area contributed by atoms with Crippen LogP contribution in [0.25, 0.3) is 10.2 Å². The molecule has 0 spiro atoms. The Balaban J connectivity index is 2.37. The van der Waals surface area contributed by atoms with E-state index >= 15 is 0 Å². The summed E-state index contributed by atoms with van der Waals surface area (Å²) in [5.74, 6) is -1.94. The van der Waals surface area contributed by atoms with Crippen LogP contribution in [0.4, 0.5) is 0 Å². The van der Waals surface area contributed by atoms with Crippen molar-refractivity contribution in [2.45, 2.75) is 65.8 Å². The molecule has 0 bridgehead atoms. The maximum Gasteiger partial charge on any atom is 0.348 e. The van der Waals surface area contributed by atoms with E-state index in [9.17, 15) is 24.3 Å². The van der Waals surface area contributed by atoms with Crippen LogP contribution in [0, 0.1) is 10.5 Å². The molecule has 0 amide bonds. The maximum absolute atomic E-state index is 13.8. The normalized spacial score (nSPS) is 12.8. The van der Waals surface area contributed by atoms with Gasteiger partial charge in [0.25, 0.3) is 5.56 Å². The van der Waals surface area contributed by atoms with Crippen LogP contribution in [0.15, 0.2) is 33.9 Å². The first-order valence-electron chi connectivity index (χ1n) is 11.4. The molecule has 0 radical (unpaired) electrons. The molecule has 2 aromatic heterocycles. The summed E-state index contributed by atoms with van der Waals surface area (Å²) in [6, 6.07) is 7.65. The van der Waals surface area contributed by atoms with Crippen molar-refractivity contribution in [1.82, 2.24) is 9.13 Å². The van der Waals surface area contributed by atoms with Gasteiger partial charge in [-0.1, -0.05) is 12.1 Å². The first kappa shape index (κ1) is 28.1. The minimum absolute atomic E-state index is 0.00625. The topological polar surface area (TPSA) is 117 Å². The van der Waals surface area contributed by atoms with E-state index in [-0.39, 0.29) is 34.3 Å². The number of aromatic nitrogens is 2. The van der Waals surface area contributed by atoms with Gasteiger partial charge in [-0.2, -0.15) is 0 Å². The Labute approximate surface area is 225 Å². The number of carboxylic acids is 1. The molecule has 11 heteroatoms. The molecule has 1 N–H and O–H groups in total. The number of carbonyl (C=O) groups is 2. The second kappa shape index (κ2) is 10.9. The molecule has 0 fully saturated rings.